The molecule has 0 unspecified atom stereocenters. The van der Waals surface area contributed by atoms with Gasteiger partial charge in [0.15, 0.2) is 0 Å². The molecular weight excluding hydrogens is 276 g/mol. The summed E-state index contributed by atoms with van der Waals surface area (Å²) >= 11 is 1.64. The molecule has 1 N–H and O–H groups in total. The van der Waals surface area contributed by atoms with Crippen molar-refractivity contribution in [3.63, 3.8) is 0 Å². The van der Waals surface area contributed by atoms with Crippen molar-refractivity contribution in [1.29, 1.82) is 0 Å². The van der Waals surface area contributed by atoms with Gasteiger partial charge in [-0.05, 0) is 12.5 Å². The van der Waals surface area contributed by atoms with E-state index in [9.17, 15) is 0 Å². The zero-order valence-electron chi connectivity index (χ0n) is 11.4. The van der Waals surface area contributed by atoms with Gasteiger partial charge in [0.05, 0.1) is 5.39 Å². The molecule has 104 valence electrons. The Bertz CT molecular complexity index is 750. The number of thiophene rings is 1. The van der Waals surface area contributed by atoms with Gasteiger partial charge < -0.3 is 10.1 Å². The number of aromatic nitrogens is 5. The van der Waals surface area contributed by atoms with Crippen molar-refractivity contribution in [3.8, 4) is 11.9 Å². The van der Waals surface area contributed by atoms with E-state index in [4.69, 9.17) is 4.74 Å². The average molecular weight is 290 g/mol. The standard InChI is InChI=1S/C12H14N6OS/c1-4-7-5-8-9(19-12-14-6-18(3)17-12)15-11(13-2)16-10(8)20-7/h5-6H,4H2,1-3H3,(H,13,15,16). The lowest BCUT2D eigenvalue weighted by molar-refractivity contribution is 0.428. The summed E-state index contributed by atoms with van der Waals surface area (Å²) in [6, 6.07) is 2.33. The van der Waals surface area contributed by atoms with Crippen LogP contribution in [0.4, 0.5) is 5.95 Å². The maximum absolute atomic E-state index is 5.69. The number of fused-ring (bicyclic) bond motifs is 1. The Morgan fingerprint density at radius 2 is 2.25 bits per heavy atom. The number of ether oxygens (including phenoxy) is 1. The average Bonchev–Trinajstić information content (AvgIpc) is 3.04. The minimum absolute atomic E-state index is 0.277. The van der Waals surface area contributed by atoms with Crippen LogP contribution in [0.25, 0.3) is 10.2 Å². The maximum atomic E-state index is 5.69. The lowest BCUT2D eigenvalue weighted by Gasteiger charge is -2.04. The topological polar surface area (TPSA) is 77.8 Å². The normalized spacial score (nSPS) is 10.9. The van der Waals surface area contributed by atoms with E-state index in [-0.39, 0.29) is 6.01 Å². The van der Waals surface area contributed by atoms with Gasteiger partial charge in [-0.3, -0.25) is 4.68 Å². The summed E-state index contributed by atoms with van der Waals surface area (Å²) in [6.07, 6.45) is 2.54. The number of anilines is 1. The lowest BCUT2D eigenvalue weighted by atomic mass is 10.3. The highest BCUT2D eigenvalue weighted by atomic mass is 32.1. The van der Waals surface area contributed by atoms with E-state index in [0.717, 1.165) is 16.6 Å². The molecule has 20 heavy (non-hydrogen) atoms. The number of nitrogens with zero attached hydrogens (tertiary/aromatic N) is 5. The van der Waals surface area contributed by atoms with Gasteiger partial charge in [0, 0.05) is 19.0 Å². The molecule has 0 radical (unpaired) electrons. The predicted octanol–water partition coefficient (Wildman–Crippen LogP) is 2.22. The van der Waals surface area contributed by atoms with Crippen LogP contribution in [0.3, 0.4) is 0 Å². The molecule has 3 rings (SSSR count). The second-order valence-electron chi connectivity index (χ2n) is 4.19. The SMILES string of the molecule is CCc1cc2c(Oc3ncn(C)n3)nc(NC)nc2s1. The fraction of sp³-hybridized carbons (Fsp3) is 0.333. The molecule has 0 saturated heterocycles. The molecule has 0 aromatic carbocycles. The van der Waals surface area contributed by atoms with Crippen LogP contribution in [-0.2, 0) is 13.5 Å². The Kier molecular flexibility index (Phi) is 3.23. The van der Waals surface area contributed by atoms with E-state index >= 15 is 0 Å². The first kappa shape index (κ1) is 12.8. The van der Waals surface area contributed by atoms with Crippen LogP contribution in [-0.4, -0.2) is 31.8 Å². The van der Waals surface area contributed by atoms with Crippen molar-refractivity contribution in [3.05, 3.63) is 17.3 Å². The summed E-state index contributed by atoms with van der Waals surface area (Å²) in [4.78, 5) is 15.0. The van der Waals surface area contributed by atoms with Crippen LogP contribution in [0.15, 0.2) is 12.4 Å². The van der Waals surface area contributed by atoms with E-state index < -0.39 is 0 Å². The molecule has 0 saturated carbocycles. The molecular formula is C12H14N6OS. The predicted molar refractivity (Wildman–Crippen MR) is 77.4 cm³/mol. The number of hydrogen-bond acceptors (Lipinski definition) is 7. The molecule has 0 spiro atoms. The maximum Gasteiger partial charge on any atom is 0.342 e. The van der Waals surface area contributed by atoms with Crippen LogP contribution >= 0.6 is 11.3 Å². The van der Waals surface area contributed by atoms with Crippen LogP contribution in [0.5, 0.6) is 11.9 Å². The van der Waals surface area contributed by atoms with Crippen molar-refractivity contribution >= 4 is 27.5 Å². The number of rotatable bonds is 4. The molecule has 0 aliphatic heterocycles. The quantitative estimate of drug-likeness (QED) is 0.794. The van der Waals surface area contributed by atoms with Crippen LogP contribution in [0.1, 0.15) is 11.8 Å². The van der Waals surface area contributed by atoms with Gasteiger partial charge >= 0.3 is 6.01 Å². The number of hydrogen-bond donors (Lipinski definition) is 1. The highest BCUT2D eigenvalue weighted by molar-refractivity contribution is 7.18. The molecule has 8 heteroatoms. The van der Waals surface area contributed by atoms with Gasteiger partial charge in [-0.2, -0.15) is 9.97 Å². The van der Waals surface area contributed by atoms with Crippen LogP contribution in [0.2, 0.25) is 0 Å². The van der Waals surface area contributed by atoms with Gasteiger partial charge in [0.2, 0.25) is 11.8 Å². The second kappa shape index (κ2) is 5.04. The van der Waals surface area contributed by atoms with Gasteiger partial charge in [0.1, 0.15) is 11.2 Å². The zero-order chi connectivity index (χ0) is 14.1. The third-order valence-corrected chi connectivity index (χ3v) is 3.92. The molecule has 0 bridgehead atoms. The first-order valence-electron chi connectivity index (χ1n) is 6.21. The molecule has 0 amide bonds. The summed E-state index contributed by atoms with van der Waals surface area (Å²) in [6.45, 7) is 2.11. The Hall–Kier alpha value is -2.22. The Morgan fingerprint density at radius 3 is 2.90 bits per heavy atom. The summed E-state index contributed by atoms with van der Waals surface area (Å²) in [5, 5.41) is 7.92. The van der Waals surface area contributed by atoms with Crippen LogP contribution < -0.4 is 10.1 Å². The second-order valence-corrected chi connectivity index (χ2v) is 5.31. The van der Waals surface area contributed by atoms with Gasteiger partial charge in [-0.25, -0.2) is 4.98 Å². The molecule has 3 aromatic rings. The minimum Gasteiger partial charge on any atom is -0.403 e. The van der Waals surface area contributed by atoms with Crippen molar-refractivity contribution < 1.29 is 4.74 Å². The molecule has 0 aliphatic rings. The summed E-state index contributed by atoms with van der Waals surface area (Å²) in [5.74, 6) is 0.995. The molecule has 0 fully saturated rings. The van der Waals surface area contributed by atoms with Crippen molar-refractivity contribution in [1.82, 2.24) is 24.7 Å². The molecule has 7 nitrogen and oxygen atoms in total. The minimum atomic E-state index is 0.277. The van der Waals surface area contributed by atoms with Gasteiger partial charge in [0.25, 0.3) is 0 Å². The number of aryl methyl sites for hydroxylation is 2. The summed E-state index contributed by atoms with van der Waals surface area (Å²) in [7, 11) is 3.56. The first-order chi connectivity index (χ1) is 9.69. The van der Waals surface area contributed by atoms with Gasteiger partial charge in [-0.1, -0.05) is 6.92 Å². The third-order valence-electron chi connectivity index (χ3n) is 2.75. The van der Waals surface area contributed by atoms with Crippen LogP contribution in [0, 0.1) is 0 Å². The van der Waals surface area contributed by atoms with E-state index in [1.54, 1.807) is 36.4 Å². The zero-order valence-corrected chi connectivity index (χ0v) is 12.2. The highest BCUT2D eigenvalue weighted by Crippen LogP contribution is 2.33. The summed E-state index contributed by atoms with van der Waals surface area (Å²) < 4.78 is 7.27. The number of nitrogens with one attached hydrogen (secondary N) is 1. The lowest BCUT2D eigenvalue weighted by Crippen LogP contribution is -1.99. The van der Waals surface area contributed by atoms with Crippen molar-refractivity contribution in [2.45, 2.75) is 13.3 Å². The Labute approximate surface area is 119 Å². The van der Waals surface area contributed by atoms with Crippen molar-refractivity contribution in [2.24, 2.45) is 7.05 Å². The summed E-state index contributed by atoms with van der Waals surface area (Å²) in [5.41, 5.74) is 0. The monoisotopic (exact) mass is 290 g/mol. The van der Waals surface area contributed by atoms with E-state index in [1.165, 1.54) is 4.88 Å². The first-order valence-corrected chi connectivity index (χ1v) is 7.03. The molecule has 3 heterocycles. The smallest absolute Gasteiger partial charge is 0.342 e. The Balaban J connectivity index is 2.09. The van der Waals surface area contributed by atoms with E-state index in [1.807, 2.05) is 0 Å². The highest BCUT2D eigenvalue weighted by Gasteiger charge is 2.14. The largest absolute Gasteiger partial charge is 0.403 e. The van der Waals surface area contributed by atoms with E-state index in [0.29, 0.717) is 11.8 Å². The fourth-order valence-electron chi connectivity index (χ4n) is 1.76. The van der Waals surface area contributed by atoms with Gasteiger partial charge in [-0.15, -0.1) is 16.4 Å². The molecule has 0 aliphatic carbocycles. The van der Waals surface area contributed by atoms with E-state index in [2.05, 4.69) is 38.4 Å². The fourth-order valence-corrected chi connectivity index (χ4v) is 2.72. The Morgan fingerprint density at radius 1 is 1.40 bits per heavy atom. The molecule has 0 atom stereocenters. The third kappa shape index (κ3) is 2.29. The molecule has 3 aromatic heterocycles. The van der Waals surface area contributed by atoms with Crippen molar-refractivity contribution in [2.75, 3.05) is 12.4 Å².